The molecule has 0 saturated heterocycles. The van der Waals surface area contributed by atoms with Gasteiger partial charge in [0.15, 0.2) is 0 Å². The second-order valence-corrected chi connectivity index (χ2v) is 5.70. The number of aryl methyl sites for hydroxylation is 2. The molecule has 0 aromatic heterocycles. The van der Waals surface area contributed by atoms with Gasteiger partial charge in [-0.05, 0) is 55.3 Å². The fourth-order valence-electron chi connectivity index (χ4n) is 1.67. The summed E-state index contributed by atoms with van der Waals surface area (Å²) < 4.78 is 0.868. The highest BCUT2D eigenvalue weighted by atomic mass is 79.9. The summed E-state index contributed by atoms with van der Waals surface area (Å²) in [6, 6.07) is 11.0. The van der Waals surface area contributed by atoms with E-state index in [1.54, 1.807) is 12.1 Å². The largest absolute Gasteiger partial charge is 0.321 e. The van der Waals surface area contributed by atoms with Crippen molar-refractivity contribution in [2.24, 2.45) is 0 Å². The first kappa shape index (κ1) is 14.1. The Morgan fingerprint density at radius 2 is 1.84 bits per heavy atom. The van der Waals surface area contributed by atoms with Gasteiger partial charge in [0.2, 0.25) is 0 Å². The van der Waals surface area contributed by atoms with Gasteiger partial charge in [-0.15, -0.1) is 0 Å². The number of carbonyl (C=O) groups is 1. The van der Waals surface area contributed by atoms with Gasteiger partial charge in [0.05, 0.1) is 10.7 Å². The van der Waals surface area contributed by atoms with E-state index in [0.717, 1.165) is 15.6 Å². The maximum Gasteiger partial charge on any atom is 0.255 e. The Balaban J connectivity index is 2.25. The number of benzene rings is 2. The van der Waals surface area contributed by atoms with Crippen molar-refractivity contribution in [1.82, 2.24) is 0 Å². The molecule has 0 aliphatic carbocycles. The zero-order valence-electron chi connectivity index (χ0n) is 10.6. The molecule has 4 heteroatoms. The lowest BCUT2D eigenvalue weighted by Gasteiger charge is -2.09. The Labute approximate surface area is 125 Å². The van der Waals surface area contributed by atoms with Gasteiger partial charge < -0.3 is 5.32 Å². The van der Waals surface area contributed by atoms with Crippen molar-refractivity contribution < 1.29 is 4.79 Å². The van der Waals surface area contributed by atoms with Crippen LogP contribution >= 0.6 is 27.5 Å². The van der Waals surface area contributed by atoms with Gasteiger partial charge in [-0.1, -0.05) is 33.6 Å². The number of anilines is 1. The van der Waals surface area contributed by atoms with E-state index in [1.165, 1.54) is 0 Å². The summed E-state index contributed by atoms with van der Waals surface area (Å²) in [5, 5.41) is 3.33. The van der Waals surface area contributed by atoms with Gasteiger partial charge in [0.25, 0.3) is 5.91 Å². The van der Waals surface area contributed by atoms with Crippen LogP contribution in [0.4, 0.5) is 5.69 Å². The van der Waals surface area contributed by atoms with E-state index in [4.69, 9.17) is 11.6 Å². The fourth-order valence-corrected chi connectivity index (χ4v) is 2.20. The topological polar surface area (TPSA) is 29.1 Å². The monoisotopic (exact) mass is 337 g/mol. The summed E-state index contributed by atoms with van der Waals surface area (Å²) >= 11 is 9.40. The van der Waals surface area contributed by atoms with E-state index in [2.05, 4.69) is 21.2 Å². The number of carbonyl (C=O) groups excluding carboxylic acids is 1. The number of hydrogen-bond acceptors (Lipinski definition) is 1. The first-order valence-electron chi connectivity index (χ1n) is 5.81. The van der Waals surface area contributed by atoms with Crippen LogP contribution in [0.25, 0.3) is 0 Å². The SMILES string of the molecule is Cc1ccc(C(=O)Nc2cc(Br)ccc2Cl)cc1C. The molecular formula is C15H13BrClNO. The third-order valence-electron chi connectivity index (χ3n) is 2.95. The summed E-state index contributed by atoms with van der Waals surface area (Å²) in [6.07, 6.45) is 0. The van der Waals surface area contributed by atoms with Crippen molar-refractivity contribution in [3.8, 4) is 0 Å². The molecule has 0 spiro atoms. The van der Waals surface area contributed by atoms with Gasteiger partial charge in [0.1, 0.15) is 0 Å². The zero-order valence-corrected chi connectivity index (χ0v) is 13.0. The standard InChI is InChI=1S/C15H13BrClNO/c1-9-3-4-11(7-10(9)2)15(19)18-14-8-12(16)5-6-13(14)17/h3-8H,1-2H3,(H,18,19). The molecule has 19 heavy (non-hydrogen) atoms. The van der Waals surface area contributed by atoms with E-state index < -0.39 is 0 Å². The van der Waals surface area contributed by atoms with Gasteiger partial charge in [-0.25, -0.2) is 0 Å². The molecule has 0 heterocycles. The Morgan fingerprint density at radius 3 is 2.53 bits per heavy atom. The van der Waals surface area contributed by atoms with E-state index in [-0.39, 0.29) is 5.91 Å². The van der Waals surface area contributed by atoms with Crippen LogP contribution in [0.2, 0.25) is 5.02 Å². The quantitative estimate of drug-likeness (QED) is 0.823. The first-order chi connectivity index (χ1) is 8.97. The van der Waals surface area contributed by atoms with Crippen LogP contribution in [0.5, 0.6) is 0 Å². The lowest BCUT2D eigenvalue weighted by molar-refractivity contribution is 0.102. The van der Waals surface area contributed by atoms with Crippen molar-refractivity contribution in [3.05, 3.63) is 62.6 Å². The first-order valence-corrected chi connectivity index (χ1v) is 6.98. The van der Waals surface area contributed by atoms with Crippen LogP contribution in [-0.4, -0.2) is 5.91 Å². The van der Waals surface area contributed by atoms with Crippen LogP contribution in [-0.2, 0) is 0 Å². The highest BCUT2D eigenvalue weighted by Gasteiger charge is 2.09. The second kappa shape index (κ2) is 5.76. The summed E-state index contributed by atoms with van der Waals surface area (Å²) in [6.45, 7) is 4.00. The molecule has 1 amide bonds. The van der Waals surface area contributed by atoms with E-state index in [1.807, 2.05) is 38.1 Å². The highest BCUT2D eigenvalue weighted by Crippen LogP contribution is 2.26. The number of amides is 1. The Hall–Kier alpha value is -1.32. The third kappa shape index (κ3) is 3.37. The normalized spacial score (nSPS) is 10.3. The number of nitrogens with one attached hydrogen (secondary N) is 1. The van der Waals surface area contributed by atoms with Crippen LogP contribution in [0, 0.1) is 13.8 Å². The molecule has 2 rings (SSSR count). The van der Waals surface area contributed by atoms with Crippen molar-refractivity contribution in [2.75, 3.05) is 5.32 Å². The number of rotatable bonds is 2. The van der Waals surface area contributed by atoms with E-state index >= 15 is 0 Å². The summed E-state index contributed by atoms with van der Waals surface area (Å²) in [7, 11) is 0. The van der Waals surface area contributed by atoms with Gasteiger partial charge in [0, 0.05) is 10.0 Å². The van der Waals surface area contributed by atoms with Crippen LogP contribution in [0.1, 0.15) is 21.5 Å². The molecule has 2 aromatic carbocycles. The molecular weight excluding hydrogens is 326 g/mol. The molecule has 0 aliphatic rings. The maximum absolute atomic E-state index is 12.2. The maximum atomic E-state index is 12.2. The molecule has 0 aliphatic heterocycles. The summed E-state index contributed by atoms with van der Waals surface area (Å²) in [4.78, 5) is 12.2. The van der Waals surface area contributed by atoms with Crippen LogP contribution < -0.4 is 5.32 Å². The molecule has 0 atom stereocenters. The molecule has 0 radical (unpaired) electrons. The molecule has 0 bridgehead atoms. The van der Waals surface area contributed by atoms with Gasteiger partial charge in [-0.2, -0.15) is 0 Å². The third-order valence-corrected chi connectivity index (χ3v) is 3.77. The minimum Gasteiger partial charge on any atom is -0.321 e. The molecule has 0 unspecified atom stereocenters. The predicted octanol–water partition coefficient (Wildman–Crippen LogP) is 4.97. The zero-order chi connectivity index (χ0) is 14.0. The molecule has 2 aromatic rings. The van der Waals surface area contributed by atoms with E-state index in [9.17, 15) is 4.79 Å². The molecule has 0 fully saturated rings. The van der Waals surface area contributed by atoms with Crippen molar-refractivity contribution in [2.45, 2.75) is 13.8 Å². The number of halogens is 2. The van der Waals surface area contributed by atoms with Crippen LogP contribution in [0.3, 0.4) is 0 Å². The Kier molecular flexibility index (Phi) is 4.27. The Bertz CT molecular complexity index is 640. The van der Waals surface area contributed by atoms with Crippen molar-refractivity contribution >= 4 is 39.1 Å². The summed E-state index contributed by atoms with van der Waals surface area (Å²) in [5.41, 5.74) is 3.48. The minimum atomic E-state index is -0.164. The highest BCUT2D eigenvalue weighted by molar-refractivity contribution is 9.10. The molecule has 0 saturated carbocycles. The second-order valence-electron chi connectivity index (χ2n) is 4.38. The lowest BCUT2D eigenvalue weighted by Crippen LogP contribution is -2.12. The van der Waals surface area contributed by atoms with Crippen LogP contribution in [0.15, 0.2) is 40.9 Å². The average molecular weight is 339 g/mol. The smallest absolute Gasteiger partial charge is 0.255 e. The molecule has 1 N–H and O–H groups in total. The fraction of sp³-hybridized carbons (Fsp3) is 0.133. The number of hydrogen-bond donors (Lipinski definition) is 1. The van der Waals surface area contributed by atoms with Crippen molar-refractivity contribution in [3.63, 3.8) is 0 Å². The Morgan fingerprint density at radius 1 is 1.11 bits per heavy atom. The van der Waals surface area contributed by atoms with Gasteiger partial charge in [-0.3, -0.25) is 4.79 Å². The molecule has 2 nitrogen and oxygen atoms in total. The lowest BCUT2D eigenvalue weighted by atomic mass is 10.1. The average Bonchev–Trinajstić information content (AvgIpc) is 2.37. The predicted molar refractivity (Wildman–Crippen MR) is 83.0 cm³/mol. The van der Waals surface area contributed by atoms with Crippen molar-refractivity contribution in [1.29, 1.82) is 0 Å². The molecule has 98 valence electrons. The summed E-state index contributed by atoms with van der Waals surface area (Å²) in [5.74, 6) is -0.164. The minimum absolute atomic E-state index is 0.164. The van der Waals surface area contributed by atoms with Gasteiger partial charge >= 0.3 is 0 Å². The van der Waals surface area contributed by atoms with E-state index in [0.29, 0.717) is 16.3 Å².